The minimum absolute atomic E-state index is 0.0413. The molecule has 0 saturated carbocycles. The van der Waals surface area contributed by atoms with Crippen molar-refractivity contribution in [3.63, 3.8) is 0 Å². The Labute approximate surface area is 132 Å². The van der Waals surface area contributed by atoms with Gasteiger partial charge in [-0.1, -0.05) is 12.1 Å². The van der Waals surface area contributed by atoms with Gasteiger partial charge in [-0.3, -0.25) is 9.71 Å². The van der Waals surface area contributed by atoms with Crippen LogP contribution in [0.4, 0.5) is 5.69 Å². The first kappa shape index (κ1) is 14.7. The standard InChI is InChI=1S/C14H16BrN3O2S/c15-11-7-10-3-1-5-13(14(10)17-8-11)18-21(19,20)9-12-4-2-6-16-12/h1,3,5,7-8,12,16,18H,2,4,6,9H2. The van der Waals surface area contributed by atoms with Gasteiger partial charge >= 0.3 is 0 Å². The number of para-hydroxylation sites is 1. The van der Waals surface area contributed by atoms with E-state index in [4.69, 9.17) is 0 Å². The first-order valence-corrected chi connectivity index (χ1v) is 9.26. The number of anilines is 1. The number of nitrogens with one attached hydrogen (secondary N) is 2. The molecule has 0 radical (unpaired) electrons. The Morgan fingerprint density at radius 3 is 3.05 bits per heavy atom. The number of sulfonamides is 1. The van der Waals surface area contributed by atoms with Crippen LogP contribution < -0.4 is 10.0 Å². The average molecular weight is 370 g/mol. The van der Waals surface area contributed by atoms with Crippen LogP contribution in [-0.2, 0) is 10.0 Å². The fraction of sp³-hybridized carbons (Fsp3) is 0.357. The van der Waals surface area contributed by atoms with Crippen molar-refractivity contribution in [1.82, 2.24) is 10.3 Å². The molecule has 0 bridgehead atoms. The summed E-state index contributed by atoms with van der Waals surface area (Å²) in [5, 5.41) is 4.09. The Bertz CT molecular complexity index is 758. The Kier molecular flexibility index (Phi) is 4.14. The molecule has 2 aromatic rings. The van der Waals surface area contributed by atoms with Crippen LogP contribution in [0.5, 0.6) is 0 Å². The van der Waals surface area contributed by atoms with Crippen LogP contribution in [0, 0.1) is 0 Å². The summed E-state index contributed by atoms with van der Waals surface area (Å²) >= 11 is 3.37. The van der Waals surface area contributed by atoms with Crippen LogP contribution in [0.15, 0.2) is 34.9 Å². The number of benzene rings is 1. The molecule has 5 nitrogen and oxygen atoms in total. The SMILES string of the molecule is O=S(=O)(CC1CCCN1)Nc1cccc2cc(Br)cnc12. The molecule has 1 unspecified atom stereocenters. The molecule has 1 fully saturated rings. The minimum atomic E-state index is -3.38. The van der Waals surface area contributed by atoms with Gasteiger partial charge in [0.15, 0.2) is 0 Å². The molecule has 0 amide bonds. The lowest BCUT2D eigenvalue weighted by Gasteiger charge is -2.13. The molecular weight excluding hydrogens is 354 g/mol. The highest BCUT2D eigenvalue weighted by atomic mass is 79.9. The van der Waals surface area contributed by atoms with Gasteiger partial charge in [0, 0.05) is 22.1 Å². The van der Waals surface area contributed by atoms with E-state index in [1.165, 1.54) is 0 Å². The van der Waals surface area contributed by atoms with Crippen LogP contribution >= 0.6 is 15.9 Å². The van der Waals surface area contributed by atoms with E-state index in [1.807, 2.05) is 18.2 Å². The number of rotatable bonds is 4. The molecule has 1 aliphatic rings. The number of fused-ring (bicyclic) bond motifs is 1. The van der Waals surface area contributed by atoms with Gasteiger partial charge in [-0.05, 0) is 47.4 Å². The molecule has 1 aliphatic heterocycles. The maximum absolute atomic E-state index is 12.3. The number of nitrogens with zero attached hydrogens (tertiary/aromatic N) is 1. The fourth-order valence-corrected chi connectivity index (χ4v) is 4.34. The maximum atomic E-state index is 12.3. The van der Waals surface area contributed by atoms with E-state index in [0.29, 0.717) is 11.2 Å². The van der Waals surface area contributed by atoms with Gasteiger partial charge in [0.25, 0.3) is 0 Å². The zero-order chi connectivity index (χ0) is 14.9. The second-order valence-electron chi connectivity index (χ2n) is 5.21. The van der Waals surface area contributed by atoms with Gasteiger partial charge in [0.2, 0.25) is 10.0 Å². The molecule has 1 atom stereocenters. The summed E-state index contributed by atoms with van der Waals surface area (Å²) in [6.45, 7) is 0.893. The number of aromatic nitrogens is 1. The van der Waals surface area contributed by atoms with Crippen molar-refractivity contribution < 1.29 is 8.42 Å². The summed E-state index contributed by atoms with van der Waals surface area (Å²) in [7, 11) is -3.38. The van der Waals surface area contributed by atoms with E-state index < -0.39 is 10.0 Å². The van der Waals surface area contributed by atoms with Gasteiger partial charge in [-0.2, -0.15) is 0 Å². The molecule has 3 rings (SSSR count). The monoisotopic (exact) mass is 369 g/mol. The summed E-state index contributed by atoms with van der Waals surface area (Å²) in [6, 6.07) is 7.42. The van der Waals surface area contributed by atoms with Crippen LogP contribution in [0.25, 0.3) is 10.9 Å². The molecule has 0 aliphatic carbocycles. The normalized spacial score (nSPS) is 19.0. The molecule has 1 aromatic heterocycles. The van der Waals surface area contributed by atoms with E-state index in [2.05, 4.69) is 31.0 Å². The molecule has 2 N–H and O–H groups in total. The molecular formula is C14H16BrN3O2S. The van der Waals surface area contributed by atoms with Crippen molar-refractivity contribution >= 4 is 42.5 Å². The zero-order valence-corrected chi connectivity index (χ0v) is 13.7. The maximum Gasteiger partial charge on any atom is 0.234 e. The Hall–Kier alpha value is -1.18. The highest BCUT2D eigenvalue weighted by Gasteiger charge is 2.22. The Morgan fingerprint density at radius 1 is 1.43 bits per heavy atom. The third kappa shape index (κ3) is 3.53. The van der Waals surface area contributed by atoms with E-state index in [0.717, 1.165) is 29.2 Å². The van der Waals surface area contributed by atoms with Gasteiger partial charge in [0.05, 0.1) is 17.0 Å². The van der Waals surface area contributed by atoms with E-state index in [-0.39, 0.29) is 11.8 Å². The average Bonchev–Trinajstić information content (AvgIpc) is 2.90. The van der Waals surface area contributed by atoms with Crippen LogP contribution in [-0.4, -0.2) is 31.7 Å². The summed E-state index contributed by atoms with van der Waals surface area (Å²) < 4.78 is 28.1. The van der Waals surface area contributed by atoms with Gasteiger partial charge in [0.1, 0.15) is 0 Å². The lowest BCUT2D eigenvalue weighted by molar-refractivity contribution is 0.582. The second-order valence-corrected chi connectivity index (χ2v) is 7.89. The van der Waals surface area contributed by atoms with E-state index in [9.17, 15) is 8.42 Å². The van der Waals surface area contributed by atoms with Crippen molar-refractivity contribution in [2.24, 2.45) is 0 Å². The van der Waals surface area contributed by atoms with Crippen molar-refractivity contribution in [3.8, 4) is 0 Å². The predicted molar refractivity (Wildman–Crippen MR) is 87.9 cm³/mol. The Balaban J connectivity index is 1.87. The van der Waals surface area contributed by atoms with Crippen molar-refractivity contribution in [3.05, 3.63) is 34.9 Å². The summed E-state index contributed by atoms with van der Waals surface area (Å²) in [5.74, 6) is 0.0971. The van der Waals surface area contributed by atoms with Crippen molar-refractivity contribution in [1.29, 1.82) is 0 Å². The van der Waals surface area contributed by atoms with Crippen LogP contribution in [0.3, 0.4) is 0 Å². The van der Waals surface area contributed by atoms with Crippen molar-refractivity contribution in [2.75, 3.05) is 17.0 Å². The fourth-order valence-electron chi connectivity index (χ4n) is 2.59. The predicted octanol–water partition coefficient (Wildman–Crippen LogP) is 2.49. The minimum Gasteiger partial charge on any atom is -0.313 e. The highest BCUT2D eigenvalue weighted by Crippen LogP contribution is 2.25. The Morgan fingerprint density at radius 2 is 2.29 bits per heavy atom. The molecule has 2 heterocycles. The van der Waals surface area contributed by atoms with Crippen molar-refractivity contribution in [2.45, 2.75) is 18.9 Å². The first-order chi connectivity index (χ1) is 10.0. The highest BCUT2D eigenvalue weighted by molar-refractivity contribution is 9.10. The molecule has 7 heteroatoms. The zero-order valence-electron chi connectivity index (χ0n) is 11.3. The molecule has 21 heavy (non-hydrogen) atoms. The van der Waals surface area contributed by atoms with Gasteiger partial charge in [-0.25, -0.2) is 8.42 Å². The first-order valence-electron chi connectivity index (χ1n) is 6.82. The van der Waals surface area contributed by atoms with Gasteiger partial charge < -0.3 is 5.32 Å². The summed E-state index contributed by atoms with van der Waals surface area (Å²) in [6.07, 6.45) is 3.60. The third-order valence-corrected chi connectivity index (χ3v) is 5.33. The lowest BCUT2D eigenvalue weighted by atomic mass is 10.2. The summed E-state index contributed by atoms with van der Waals surface area (Å²) in [5.41, 5.74) is 1.18. The number of hydrogen-bond donors (Lipinski definition) is 2. The number of pyridine rings is 1. The quantitative estimate of drug-likeness (QED) is 0.868. The number of hydrogen-bond acceptors (Lipinski definition) is 4. The second kappa shape index (κ2) is 5.90. The lowest BCUT2D eigenvalue weighted by Crippen LogP contribution is -2.32. The molecule has 1 saturated heterocycles. The number of halogens is 1. The largest absolute Gasteiger partial charge is 0.313 e. The molecule has 0 spiro atoms. The topological polar surface area (TPSA) is 71.1 Å². The van der Waals surface area contributed by atoms with Crippen LogP contribution in [0.1, 0.15) is 12.8 Å². The summed E-state index contributed by atoms with van der Waals surface area (Å²) in [4.78, 5) is 4.31. The smallest absolute Gasteiger partial charge is 0.234 e. The molecule has 112 valence electrons. The van der Waals surface area contributed by atoms with E-state index >= 15 is 0 Å². The third-order valence-electron chi connectivity index (χ3n) is 3.53. The molecule has 1 aromatic carbocycles. The van der Waals surface area contributed by atoms with Crippen LogP contribution in [0.2, 0.25) is 0 Å². The van der Waals surface area contributed by atoms with E-state index in [1.54, 1.807) is 12.3 Å². The van der Waals surface area contributed by atoms with Gasteiger partial charge in [-0.15, -0.1) is 0 Å².